The molecule has 24 heavy (non-hydrogen) atoms. The number of nitrogens with zero attached hydrogens (tertiary/aromatic N) is 1. The molecule has 0 unspecified atom stereocenters. The molecule has 0 bridgehead atoms. The van der Waals surface area contributed by atoms with Crippen LogP contribution in [0.3, 0.4) is 0 Å². The molecule has 1 aliphatic heterocycles. The molecule has 2 rings (SSSR count). The van der Waals surface area contributed by atoms with Crippen molar-refractivity contribution in [3.8, 4) is 0 Å². The summed E-state index contributed by atoms with van der Waals surface area (Å²) in [4.78, 5) is 11.8. The minimum absolute atomic E-state index is 0.0840. The lowest BCUT2D eigenvalue weighted by molar-refractivity contribution is -0.121. The number of amides is 1. The maximum Gasteiger partial charge on any atom is 0.232 e. The van der Waals surface area contributed by atoms with E-state index < -0.39 is 15.8 Å². The number of sulfonamides is 1. The fourth-order valence-electron chi connectivity index (χ4n) is 2.60. The smallest absolute Gasteiger partial charge is 0.232 e. The summed E-state index contributed by atoms with van der Waals surface area (Å²) in [7, 11) is -3.49. The molecule has 1 aromatic rings. The number of anilines is 1. The summed E-state index contributed by atoms with van der Waals surface area (Å²) >= 11 is 0. The minimum atomic E-state index is -3.49. The van der Waals surface area contributed by atoms with Gasteiger partial charge in [-0.05, 0) is 43.5 Å². The zero-order chi connectivity index (χ0) is 17.6. The third-order valence-corrected chi connectivity index (χ3v) is 5.02. The van der Waals surface area contributed by atoms with E-state index in [9.17, 15) is 17.6 Å². The van der Waals surface area contributed by atoms with Gasteiger partial charge < -0.3 is 10.1 Å². The Morgan fingerprint density at radius 2 is 2.08 bits per heavy atom. The second-order valence-electron chi connectivity index (χ2n) is 5.85. The van der Waals surface area contributed by atoms with Crippen LogP contribution in [0.25, 0.3) is 0 Å². The van der Waals surface area contributed by atoms with Gasteiger partial charge in [-0.2, -0.15) is 0 Å². The van der Waals surface area contributed by atoms with Gasteiger partial charge in [0.25, 0.3) is 0 Å². The first kappa shape index (κ1) is 18.7. The standard InChI is InChI=1S/C16H23FN2O4S/c1-24(21,22)19(14-8-6-13(17)7-9-14)10-2-5-16(20)18-12-15-4-3-11-23-15/h6-9,15H,2-5,10-12H2,1H3,(H,18,20)/t15-/m0/s1. The number of hydrogen-bond donors (Lipinski definition) is 1. The summed E-state index contributed by atoms with van der Waals surface area (Å²) in [5.74, 6) is -0.557. The van der Waals surface area contributed by atoms with Crippen molar-refractivity contribution >= 4 is 21.6 Å². The zero-order valence-electron chi connectivity index (χ0n) is 13.7. The molecule has 134 valence electrons. The fourth-order valence-corrected chi connectivity index (χ4v) is 3.56. The van der Waals surface area contributed by atoms with Crippen molar-refractivity contribution in [2.75, 3.05) is 30.3 Å². The maximum absolute atomic E-state index is 13.0. The van der Waals surface area contributed by atoms with E-state index >= 15 is 0 Å². The largest absolute Gasteiger partial charge is 0.376 e. The van der Waals surface area contributed by atoms with Gasteiger partial charge in [-0.15, -0.1) is 0 Å². The quantitative estimate of drug-likeness (QED) is 0.767. The monoisotopic (exact) mass is 358 g/mol. The molecule has 0 spiro atoms. The van der Waals surface area contributed by atoms with Crippen molar-refractivity contribution < 1.29 is 22.3 Å². The average Bonchev–Trinajstić information content (AvgIpc) is 3.03. The Kier molecular flexibility index (Phi) is 6.56. The van der Waals surface area contributed by atoms with E-state index in [1.165, 1.54) is 28.6 Å². The second-order valence-corrected chi connectivity index (χ2v) is 7.76. The number of ether oxygens (including phenoxy) is 1. The number of benzene rings is 1. The zero-order valence-corrected chi connectivity index (χ0v) is 14.5. The number of nitrogens with one attached hydrogen (secondary N) is 1. The molecule has 1 heterocycles. The number of hydrogen-bond acceptors (Lipinski definition) is 4. The van der Waals surface area contributed by atoms with E-state index in [1.54, 1.807) is 0 Å². The van der Waals surface area contributed by atoms with Crippen LogP contribution in [-0.2, 0) is 19.6 Å². The highest BCUT2D eigenvalue weighted by molar-refractivity contribution is 7.92. The molecule has 6 nitrogen and oxygen atoms in total. The Morgan fingerprint density at radius 3 is 2.67 bits per heavy atom. The van der Waals surface area contributed by atoms with Crippen molar-refractivity contribution in [2.24, 2.45) is 0 Å². The number of rotatable bonds is 8. The molecular formula is C16H23FN2O4S. The Balaban J connectivity index is 1.82. The van der Waals surface area contributed by atoms with Crippen LogP contribution in [0.1, 0.15) is 25.7 Å². The van der Waals surface area contributed by atoms with Gasteiger partial charge in [-0.25, -0.2) is 12.8 Å². The molecule has 1 fully saturated rings. The summed E-state index contributed by atoms with van der Waals surface area (Å²) in [6.07, 6.45) is 3.74. The predicted octanol–water partition coefficient (Wildman–Crippen LogP) is 1.67. The topological polar surface area (TPSA) is 75.7 Å². The predicted molar refractivity (Wildman–Crippen MR) is 89.8 cm³/mol. The highest BCUT2D eigenvalue weighted by atomic mass is 32.2. The molecule has 8 heteroatoms. The molecule has 0 aromatic heterocycles. The van der Waals surface area contributed by atoms with Crippen LogP contribution in [0.15, 0.2) is 24.3 Å². The van der Waals surface area contributed by atoms with Crippen LogP contribution in [-0.4, -0.2) is 46.4 Å². The first-order valence-electron chi connectivity index (χ1n) is 7.98. The van der Waals surface area contributed by atoms with Crippen molar-refractivity contribution in [3.63, 3.8) is 0 Å². The van der Waals surface area contributed by atoms with Gasteiger partial charge in [0.15, 0.2) is 0 Å². The molecule has 1 amide bonds. The Bertz CT molecular complexity index is 643. The molecule has 1 aromatic carbocycles. The summed E-state index contributed by atoms with van der Waals surface area (Å²) in [5.41, 5.74) is 0.388. The molecule has 0 saturated carbocycles. The Labute approximate surface area is 142 Å². The fraction of sp³-hybridized carbons (Fsp3) is 0.562. The highest BCUT2D eigenvalue weighted by Crippen LogP contribution is 2.18. The van der Waals surface area contributed by atoms with Crippen LogP contribution < -0.4 is 9.62 Å². The maximum atomic E-state index is 13.0. The van der Waals surface area contributed by atoms with Gasteiger partial charge in [0.1, 0.15) is 5.82 Å². The van der Waals surface area contributed by atoms with Crippen LogP contribution in [0, 0.1) is 5.82 Å². The van der Waals surface area contributed by atoms with E-state index in [-0.39, 0.29) is 25.0 Å². The van der Waals surface area contributed by atoms with Crippen LogP contribution >= 0.6 is 0 Å². The van der Waals surface area contributed by atoms with Gasteiger partial charge >= 0.3 is 0 Å². The first-order chi connectivity index (χ1) is 11.4. The summed E-state index contributed by atoms with van der Waals surface area (Å²) in [5, 5.41) is 2.80. The van der Waals surface area contributed by atoms with Gasteiger partial charge in [0, 0.05) is 26.1 Å². The molecule has 1 N–H and O–H groups in total. The van der Waals surface area contributed by atoms with Crippen molar-refractivity contribution in [1.82, 2.24) is 5.32 Å². The van der Waals surface area contributed by atoms with E-state index in [0.717, 1.165) is 25.7 Å². The summed E-state index contributed by atoms with van der Waals surface area (Å²) < 4.78 is 43.4. The van der Waals surface area contributed by atoms with Gasteiger partial charge in [-0.1, -0.05) is 0 Å². The van der Waals surface area contributed by atoms with Crippen molar-refractivity contribution in [1.29, 1.82) is 0 Å². The average molecular weight is 358 g/mol. The van der Waals surface area contributed by atoms with Gasteiger partial charge in [0.2, 0.25) is 15.9 Å². The molecule has 0 radical (unpaired) electrons. The number of carbonyl (C=O) groups excluding carboxylic acids is 1. The number of halogens is 1. The summed E-state index contributed by atoms with van der Waals surface area (Å²) in [6, 6.07) is 5.24. The first-order valence-corrected chi connectivity index (χ1v) is 9.82. The minimum Gasteiger partial charge on any atom is -0.376 e. The second kappa shape index (κ2) is 8.43. The van der Waals surface area contributed by atoms with E-state index in [4.69, 9.17) is 4.74 Å². The molecule has 1 atom stereocenters. The molecule has 0 aliphatic carbocycles. The van der Waals surface area contributed by atoms with E-state index in [0.29, 0.717) is 18.7 Å². The van der Waals surface area contributed by atoms with Crippen molar-refractivity contribution in [2.45, 2.75) is 31.8 Å². The SMILES string of the molecule is CS(=O)(=O)N(CCCC(=O)NC[C@@H]1CCCO1)c1ccc(F)cc1. The van der Waals surface area contributed by atoms with E-state index in [2.05, 4.69) is 5.32 Å². The molecular weight excluding hydrogens is 335 g/mol. The van der Waals surface area contributed by atoms with Crippen molar-refractivity contribution in [3.05, 3.63) is 30.1 Å². The third-order valence-electron chi connectivity index (χ3n) is 3.83. The normalized spacial score (nSPS) is 17.7. The summed E-state index contributed by atoms with van der Waals surface area (Å²) in [6.45, 7) is 1.39. The van der Waals surface area contributed by atoms with Gasteiger partial charge in [0.05, 0.1) is 18.0 Å². The Morgan fingerprint density at radius 1 is 1.38 bits per heavy atom. The third kappa shape index (κ3) is 5.76. The van der Waals surface area contributed by atoms with Crippen LogP contribution in [0.2, 0.25) is 0 Å². The molecule has 1 saturated heterocycles. The lowest BCUT2D eigenvalue weighted by atomic mass is 10.2. The highest BCUT2D eigenvalue weighted by Gasteiger charge is 2.19. The molecule has 1 aliphatic rings. The lowest BCUT2D eigenvalue weighted by Gasteiger charge is -2.22. The lowest BCUT2D eigenvalue weighted by Crippen LogP contribution is -2.34. The van der Waals surface area contributed by atoms with E-state index in [1.807, 2.05) is 0 Å². The van der Waals surface area contributed by atoms with Crippen LogP contribution in [0.4, 0.5) is 10.1 Å². The number of carbonyl (C=O) groups is 1. The Hall–Kier alpha value is -1.67. The van der Waals surface area contributed by atoms with Crippen LogP contribution in [0.5, 0.6) is 0 Å². The van der Waals surface area contributed by atoms with Gasteiger partial charge in [-0.3, -0.25) is 9.10 Å².